The molecule has 76 valence electrons. The fourth-order valence-electron chi connectivity index (χ4n) is 1.66. The Bertz CT molecular complexity index is 352. The second kappa shape index (κ2) is 4.21. The molecule has 0 fully saturated rings. The van der Waals surface area contributed by atoms with Crippen LogP contribution in [-0.2, 0) is 6.54 Å². The number of fused-ring (bicyclic) bond motifs is 1. The van der Waals surface area contributed by atoms with E-state index in [0.717, 1.165) is 28.7 Å². The summed E-state index contributed by atoms with van der Waals surface area (Å²) in [6, 6.07) is 4.25. The molecule has 0 aliphatic carbocycles. The summed E-state index contributed by atoms with van der Waals surface area (Å²) < 4.78 is 2.26. The van der Waals surface area contributed by atoms with Crippen LogP contribution in [0.3, 0.4) is 0 Å². The minimum atomic E-state index is 0.934. The maximum Gasteiger partial charge on any atom is 0.0681 e. The van der Waals surface area contributed by atoms with Crippen molar-refractivity contribution in [1.82, 2.24) is 4.90 Å². The lowest BCUT2D eigenvalue weighted by Gasteiger charge is -2.29. The van der Waals surface area contributed by atoms with E-state index in [9.17, 15) is 0 Å². The van der Waals surface area contributed by atoms with Crippen molar-refractivity contribution in [1.29, 1.82) is 0 Å². The molecule has 0 spiro atoms. The standard InChI is InChI=1S/C10H12Br2N2/c1-2-14-5-7-3-8(11)4-9(12)10(7)13-6-14/h3-4,13H,2,5-6H2,1H3. The number of halogens is 2. The van der Waals surface area contributed by atoms with Gasteiger partial charge in [-0.1, -0.05) is 22.9 Å². The van der Waals surface area contributed by atoms with Gasteiger partial charge >= 0.3 is 0 Å². The van der Waals surface area contributed by atoms with E-state index in [1.165, 1.54) is 11.3 Å². The van der Waals surface area contributed by atoms with E-state index in [2.05, 4.69) is 61.1 Å². The Morgan fingerprint density at radius 1 is 1.43 bits per heavy atom. The number of benzene rings is 1. The van der Waals surface area contributed by atoms with Crippen molar-refractivity contribution in [3.05, 3.63) is 26.6 Å². The van der Waals surface area contributed by atoms with Crippen LogP contribution in [0.5, 0.6) is 0 Å². The largest absolute Gasteiger partial charge is 0.371 e. The lowest BCUT2D eigenvalue weighted by Crippen LogP contribution is -2.33. The van der Waals surface area contributed by atoms with Crippen molar-refractivity contribution in [2.24, 2.45) is 0 Å². The fourth-order valence-corrected chi connectivity index (χ4v) is 3.11. The minimum Gasteiger partial charge on any atom is -0.371 e. The highest BCUT2D eigenvalue weighted by Crippen LogP contribution is 2.33. The van der Waals surface area contributed by atoms with Gasteiger partial charge in [-0.3, -0.25) is 4.90 Å². The monoisotopic (exact) mass is 318 g/mol. The number of nitrogens with zero attached hydrogens (tertiary/aromatic N) is 1. The summed E-state index contributed by atoms with van der Waals surface area (Å²) in [5.41, 5.74) is 2.58. The highest BCUT2D eigenvalue weighted by atomic mass is 79.9. The molecule has 0 saturated carbocycles. The van der Waals surface area contributed by atoms with Crippen molar-refractivity contribution in [2.45, 2.75) is 13.5 Å². The number of hydrogen-bond donors (Lipinski definition) is 1. The molecule has 0 amide bonds. The molecule has 4 heteroatoms. The number of nitrogens with one attached hydrogen (secondary N) is 1. The van der Waals surface area contributed by atoms with Crippen LogP contribution in [-0.4, -0.2) is 18.1 Å². The number of anilines is 1. The van der Waals surface area contributed by atoms with Gasteiger partial charge in [-0.2, -0.15) is 0 Å². The van der Waals surface area contributed by atoms with E-state index in [4.69, 9.17) is 0 Å². The first-order valence-corrected chi connectivity index (χ1v) is 6.23. The van der Waals surface area contributed by atoms with E-state index in [1.807, 2.05) is 0 Å². The van der Waals surface area contributed by atoms with Gasteiger partial charge in [-0.15, -0.1) is 0 Å². The molecule has 14 heavy (non-hydrogen) atoms. The lowest BCUT2D eigenvalue weighted by atomic mass is 10.1. The van der Waals surface area contributed by atoms with E-state index in [-0.39, 0.29) is 0 Å². The van der Waals surface area contributed by atoms with E-state index in [1.54, 1.807) is 0 Å². The fraction of sp³-hybridized carbons (Fsp3) is 0.400. The van der Waals surface area contributed by atoms with Gasteiger partial charge in [0.1, 0.15) is 0 Å². The van der Waals surface area contributed by atoms with E-state index < -0.39 is 0 Å². The van der Waals surface area contributed by atoms with Gasteiger partial charge in [0, 0.05) is 15.5 Å². The van der Waals surface area contributed by atoms with Crippen LogP contribution < -0.4 is 5.32 Å². The average molecular weight is 320 g/mol. The first kappa shape index (κ1) is 10.5. The van der Waals surface area contributed by atoms with Crippen LogP contribution in [0.25, 0.3) is 0 Å². The van der Waals surface area contributed by atoms with Gasteiger partial charge in [0.25, 0.3) is 0 Å². The van der Waals surface area contributed by atoms with Crippen molar-refractivity contribution >= 4 is 37.5 Å². The van der Waals surface area contributed by atoms with Crippen LogP contribution in [0, 0.1) is 0 Å². The molecular weight excluding hydrogens is 308 g/mol. The Morgan fingerprint density at radius 3 is 2.93 bits per heavy atom. The molecule has 1 aromatic rings. The number of hydrogen-bond acceptors (Lipinski definition) is 2. The summed E-state index contributed by atoms with van der Waals surface area (Å²) in [6.07, 6.45) is 0. The summed E-state index contributed by atoms with van der Waals surface area (Å²) >= 11 is 7.07. The number of rotatable bonds is 1. The summed E-state index contributed by atoms with van der Waals surface area (Å²) in [4.78, 5) is 2.36. The van der Waals surface area contributed by atoms with Gasteiger partial charge in [0.15, 0.2) is 0 Å². The smallest absolute Gasteiger partial charge is 0.0681 e. The molecule has 1 aliphatic rings. The normalized spacial score (nSPS) is 16.2. The highest BCUT2D eigenvalue weighted by Gasteiger charge is 2.16. The van der Waals surface area contributed by atoms with Gasteiger partial charge in [-0.05, 0) is 40.2 Å². The van der Waals surface area contributed by atoms with Gasteiger partial charge in [0.2, 0.25) is 0 Å². The Kier molecular flexibility index (Phi) is 3.14. The molecule has 0 aromatic heterocycles. The molecule has 0 bridgehead atoms. The molecule has 0 radical (unpaired) electrons. The Labute approximate surface area is 101 Å². The zero-order valence-electron chi connectivity index (χ0n) is 7.98. The van der Waals surface area contributed by atoms with Crippen molar-refractivity contribution in [3.8, 4) is 0 Å². The Balaban J connectivity index is 2.37. The molecule has 1 aromatic carbocycles. The third-order valence-corrected chi connectivity index (χ3v) is 3.54. The molecule has 2 rings (SSSR count). The van der Waals surface area contributed by atoms with E-state index >= 15 is 0 Å². The molecule has 1 N–H and O–H groups in total. The summed E-state index contributed by atoms with van der Waals surface area (Å²) in [5.74, 6) is 0. The predicted molar refractivity (Wildman–Crippen MR) is 66.4 cm³/mol. The quantitative estimate of drug-likeness (QED) is 0.853. The van der Waals surface area contributed by atoms with Gasteiger partial charge in [0.05, 0.1) is 12.4 Å². The Morgan fingerprint density at radius 2 is 2.21 bits per heavy atom. The summed E-state index contributed by atoms with van der Waals surface area (Å²) in [6.45, 7) is 5.22. The van der Waals surface area contributed by atoms with Crippen molar-refractivity contribution in [3.63, 3.8) is 0 Å². The summed E-state index contributed by atoms with van der Waals surface area (Å²) in [7, 11) is 0. The molecule has 1 heterocycles. The zero-order chi connectivity index (χ0) is 10.1. The molecule has 1 aliphatic heterocycles. The topological polar surface area (TPSA) is 15.3 Å². The Hall–Kier alpha value is -0.0600. The van der Waals surface area contributed by atoms with Crippen molar-refractivity contribution in [2.75, 3.05) is 18.5 Å². The first-order valence-electron chi connectivity index (χ1n) is 4.65. The van der Waals surface area contributed by atoms with Crippen LogP contribution in [0.15, 0.2) is 21.1 Å². The minimum absolute atomic E-state index is 0.934. The van der Waals surface area contributed by atoms with Crippen LogP contribution in [0.2, 0.25) is 0 Å². The second-order valence-electron chi connectivity index (χ2n) is 3.40. The van der Waals surface area contributed by atoms with Crippen LogP contribution in [0.1, 0.15) is 12.5 Å². The third kappa shape index (κ3) is 1.97. The molecule has 0 atom stereocenters. The van der Waals surface area contributed by atoms with Crippen molar-refractivity contribution < 1.29 is 0 Å². The van der Waals surface area contributed by atoms with Gasteiger partial charge < -0.3 is 5.32 Å². The maximum atomic E-state index is 3.56. The van der Waals surface area contributed by atoms with Gasteiger partial charge in [-0.25, -0.2) is 0 Å². The molecule has 0 unspecified atom stereocenters. The van der Waals surface area contributed by atoms with Crippen LogP contribution in [0.4, 0.5) is 5.69 Å². The molecular formula is C10H12Br2N2. The van der Waals surface area contributed by atoms with E-state index in [0.29, 0.717) is 0 Å². The summed E-state index contributed by atoms with van der Waals surface area (Å²) in [5, 5.41) is 3.42. The predicted octanol–water partition coefficient (Wildman–Crippen LogP) is 3.42. The first-order chi connectivity index (χ1) is 6.70. The lowest BCUT2D eigenvalue weighted by molar-refractivity contribution is 0.291. The SMILES string of the molecule is CCN1CNc2c(Br)cc(Br)cc2C1. The zero-order valence-corrected chi connectivity index (χ0v) is 11.2. The third-order valence-electron chi connectivity index (χ3n) is 2.46. The average Bonchev–Trinajstić information content (AvgIpc) is 2.16. The second-order valence-corrected chi connectivity index (χ2v) is 5.17. The molecule has 0 saturated heterocycles. The maximum absolute atomic E-state index is 3.56. The van der Waals surface area contributed by atoms with Crippen LogP contribution >= 0.6 is 31.9 Å². The highest BCUT2D eigenvalue weighted by molar-refractivity contribution is 9.11. The molecule has 2 nitrogen and oxygen atoms in total.